The summed E-state index contributed by atoms with van der Waals surface area (Å²) in [6.45, 7) is 3.40. The Hall–Kier alpha value is -3.95. The predicted molar refractivity (Wildman–Crippen MR) is 125 cm³/mol. The lowest BCUT2D eigenvalue weighted by molar-refractivity contribution is -0.119. The van der Waals surface area contributed by atoms with E-state index in [0.29, 0.717) is 17.8 Å². The number of rotatable bonds is 7. The Morgan fingerprint density at radius 1 is 1.26 bits per heavy atom. The molecule has 10 heteroatoms. The van der Waals surface area contributed by atoms with Crippen LogP contribution in [0, 0.1) is 5.82 Å². The fourth-order valence-corrected chi connectivity index (χ4v) is 4.32. The molecule has 2 amide bonds. The Kier molecular flexibility index (Phi) is 5.87. The summed E-state index contributed by atoms with van der Waals surface area (Å²) in [7, 11) is 0. The molecular weight excluding hydrogens is 439 g/mol. The number of cyclic esters (lactones) is 1. The first kappa shape index (κ1) is 21.9. The van der Waals surface area contributed by atoms with Gasteiger partial charge in [0.2, 0.25) is 5.91 Å². The molecule has 0 aliphatic carbocycles. The van der Waals surface area contributed by atoms with E-state index in [1.165, 1.54) is 17.9 Å². The summed E-state index contributed by atoms with van der Waals surface area (Å²) in [6, 6.07) is 12.9. The summed E-state index contributed by atoms with van der Waals surface area (Å²) in [4.78, 5) is 24.7. The second-order valence-corrected chi connectivity index (χ2v) is 8.54. The van der Waals surface area contributed by atoms with Crippen molar-refractivity contribution < 1.29 is 18.7 Å². The minimum Gasteiger partial charge on any atom is -0.442 e. The minimum atomic E-state index is -0.555. The number of aromatic nitrogens is 1. The SMILES string of the molecule is CC(=O)NC[C@H]1CN(c2ccc(-c3ccc4c(ccn4CCC4CN=NN4)c3)c(F)c2)C(=O)O1. The summed E-state index contributed by atoms with van der Waals surface area (Å²) in [6.07, 6.45) is 1.92. The second-order valence-electron chi connectivity index (χ2n) is 8.54. The molecule has 5 rings (SSSR count). The highest BCUT2D eigenvalue weighted by molar-refractivity contribution is 5.91. The van der Waals surface area contributed by atoms with Crippen molar-refractivity contribution in [3.63, 3.8) is 0 Å². The van der Waals surface area contributed by atoms with E-state index in [1.54, 1.807) is 12.1 Å². The Bertz CT molecular complexity index is 1260. The normalized spacial score (nSPS) is 19.5. The number of ether oxygens (including phenoxy) is 1. The highest BCUT2D eigenvalue weighted by Gasteiger charge is 2.32. The van der Waals surface area contributed by atoms with Gasteiger partial charge in [0.05, 0.1) is 31.4 Å². The third-order valence-corrected chi connectivity index (χ3v) is 6.13. The maximum Gasteiger partial charge on any atom is 0.414 e. The molecule has 34 heavy (non-hydrogen) atoms. The van der Waals surface area contributed by atoms with Gasteiger partial charge in [-0.1, -0.05) is 11.3 Å². The highest BCUT2D eigenvalue weighted by atomic mass is 19.1. The Morgan fingerprint density at radius 2 is 2.15 bits per heavy atom. The first-order valence-corrected chi connectivity index (χ1v) is 11.2. The van der Waals surface area contributed by atoms with Crippen LogP contribution in [0.5, 0.6) is 0 Å². The molecule has 1 saturated heterocycles. The van der Waals surface area contributed by atoms with E-state index in [0.717, 1.165) is 29.4 Å². The van der Waals surface area contributed by atoms with Crippen molar-refractivity contribution in [3.05, 3.63) is 54.5 Å². The zero-order valence-corrected chi connectivity index (χ0v) is 18.7. The number of anilines is 1. The molecule has 2 aliphatic heterocycles. The van der Waals surface area contributed by atoms with E-state index in [1.807, 2.05) is 30.5 Å². The number of hydrogen-bond acceptors (Lipinski definition) is 6. The fourth-order valence-electron chi connectivity index (χ4n) is 4.32. The van der Waals surface area contributed by atoms with E-state index in [9.17, 15) is 9.59 Å². The van der Waals surface area contributed by atoms with Gasteiger partial charge >= 0.3 is 6.09 Å². The third-order valence-electron chi connectivity index (χ3n) is 6.13. The number of amides is 2. The number of aryl methyl sites for hydroxylation is 1. The average Bonchev–Trinajstić information content (AvgIpc) is 3.56. The van der Waals surface area contributed by atoms with Crippen LogP contribution in [-0.4, -0.2) is 48.3 Å². The van der Waals surface area contributed by atoms with E-state index in [2.05, 4.69) is 25.6 Å². The second kappa shape index (κ2) is 9.12. The number of nitrogens with one attached hydrogen (secondary N) is 2. The third kappa shape index (κ3) is 4.43. The van der Waals surface area contributed by atoms with Gasteiger partial charge in [-0.05, 0) is 48.4 Å². The van der Waals surface area contributed by atoms with Gasteiger partial charge in [-0.25, -0.2) is 9.18 Å². The van der Waals surface area contributed by atoms with Crippen LogP contribution >= 0.6 is 0 Å². The first-order chi connectivity index (χ1) is 16.5. The van der Waals surface area contributed by atoms with Gasteiger partial charge < -0.3 is 14.6 Å². The lowest BCUT2D eigenvalue weighted by Gasteiger charge is -2.15. The zero-order chi connectivity index (χ0) is 23.7. The fraction of sp³-hybridized carbons (Fsp3) is 0.333. The number of fused-ring (bicyclic) bond motifs is 1. The molecular formula is C24H25FN6O3. The maximum atomic E-state index is 15.1. The van der Waals surface area contributed by atoms with Crippen molar-refractivity contribution in [1.29, 1.82) is 0 Å². The molecule has 0 radical (unpaired) electrons. The standard InChI is InChI=1S/C24H25FN6O3/c1-15(32)26-13-20-14-31(24(33)34-20)19-3-4-21(22(25)11-19)16-2-5-23-17(10-16)6-8-30(23)9-7-18-12-27-29-28-18/h2-6,8,10-11,18,20H,7,9,12-14H2,1H3,(H,26,32)(H,27,28)/t18?,20-/m0/s1. The molecule has 1 aromatic heterocycles. The summed E-state index contributed by atoms with van der Waals surface area (Å²) in [5, 5.41) is 11.4. The summed E-state index contributed by atoms with van der Waals surface area (Å²) >= 11 is 0. The number of halogens is 1. The van der Waals surface area contributed by atoms with E-state index < -0.39 is 18.0 Å². The topological polar surface area (TPSA) is 100 Å². The van der Waals surface area contributed by atoms with Gasteiger partial charge in [0.1, 0.15) is 11.9 Å². The molecule has 1 unspecified atom stereocenters. The lowest BCUT2D eigenvalue weighted by Crippen LogP contribution is -2.33. The number of hydrogen-bond donors (Lipinski definition) is 2. The van der Waals surface area contributed by atoms with Crippen LogP contribution in [0.2, 0.25) is 0 Å². The Balaban J connectivity index is 1.30. The van der Waals surface area contributed by atoms with E-state index in [4.69, 9.17) is 4.74 Å². The molecule has 0 spiro atoms. The molecule has 0 saturated carbocycles. The highest BCUT2D eigenvalue weighted by Crippen LogP contribution is 2.31. The average molecular weight is 465 g/mol. The van der Waals surface area contributed by atoms with Gasteiger partial charge in [-0.15, -0.1) is 0 Å². The van der Waals surface area contributed by atoms with Crippen molar-refractivity contribution >= 4 is 28.6 Å². The molecule has 2 N–H and O–H groups in total. The maximum absolute atomic E-state index is 15.1. The largest absolute Gasteiger partial charge is 0.442 e. The molecule has 2 atom stereocenters. The van der Waals surface area contributed by atoms with Gasteiger partial charge in [0.15, 0.2) is 0 Å². The molecule has 3 heterocycles. The molecule has 0 bridgehead atoms. The first-order valence-electron chi connectivity index (χ1n) is 11.2. The molecule has 2 aromatic carbocycles. The molecule has 176 valence electrons. The number of nitrogens with zero attached hydrogens (tertiary/aromatic N) is 4. The lowest BCUT2D eigenvalue weighted by atomic mass is 10.0. The van der Waals surface area contributed by atoms with Crippen LogP contribution in [0.1, 0.15) is 13.3 Å². The van der Waals surface area contributed by atoms with Gasteiger partial charge in [0, 0.05) is 36.1 Å². The monoisotopic (exact) mass is 464 g/mol. The zero-order valence-electron chi connectivity index (χ0n) is 18.7. The van der Waals surface area contributed by atoms with Crippen LogP contribution in [0.25, 0.3) is 22.0 Å². The van der Waals surface area contributed by atoms with E-state index >= 15 is 4.39 Å². The van der Waals surface area contributed by atoms with Gasteiger partial charge in [-0.3, -0.25) is 15.1 Å². The van der Waals surface area contributed by atoms with Crippen molar-refractivity contribution in [3.8, 4) is 11.1 Å². The van der Waals surface area contributed by atoms with Crippen molar-refractivity contribution in [2.75, 3.05) is 24.5 Å². The predicted octanol–water partition coefficient (Wildman–Crippen LogP) is 3.64. The van der Waals surface area contributed by atoms with Crippen LogP contribution in [0.3, 0.4) is 0 Å². The summed E-state index contributed by atoms with van der Waals surface area (Å²) in [5.74, 6) is -0.621. The minimum absolute atomic E-state index is 0.199. The van der Waals surface area contributed by atoms with Gasteiger partial charge in [-0.2, -0.15) is 5.11 Å². The number of benzene rings is 2. The molecule has 1 fully saturated rings. The van der Waals surface area contributed by atoms with E-state index in [-0.39, 0.29) is 25.0 Å². The summed E-state index contributed by atoms with van der Waals surface area (Å²) < 4.78 is 22.5. The molecule has 9 nitrogen and oxygen atoms in total. The van der Waals surface area contributed by atoms with Crippen LogP contribution < -0.4 is 15.6 Å². The van der Waals surface area contributed by atoms with Gasteiger partial charge in [0.25, 0.3) is 0 Å². The molecule has 2 aliphatic rings. The van der Waals surface area contributed by atoms with Crippen LogP contribution in [0.4, 0.5) is 14.9 Å². The molecule has 3 aromatic rings. The smallest absolute Gasteiger partial charge is 0.414 e. The van der Waals surface area contributed by atoms with Crippen LogP contribution in [-0.2, 0) is 16.1 Å². The van der Waals surface area contributed by atoms with Crippen molar-refractivity contribution in [1.82, 2.24) is 15.3 Å². The summed E-state index contributed by atoms with van der Waals surface area (Å²) in [5.41, 5.74) is 5.72. The van der Waals surface area contributed by atoms with Crippen LogP contribution in [0.15, 0.2) is 59.0 Å². The number of carbonyl (C=O) groups excluding carboxylic acids is 2. The number of carbonyl (C=O) groups is 2. The van der Waals surface area contributed by atoms with Crippen molar-refractivity contribution in [2.45, 2.75) is 32.0 Å². The Labute approximate surface area is 195 Å². The Morgan fingerprint density at radius 3 is 2.91 bits per heavy atom. The van der Waals surface area contributed by atoms with Crippen molar-refractivity contribution in [2.24, 2.45) is 10.3 Å². The quantitative estimate of drug-likeness (QED) is 0.558.